The number of aromatic nitrogens is 2. The summed E-state index contributed by atoms with van der Waals surface area (Å²) in [5, 5.41) is 3.42. The van der Waals surface area contributed by atoms with Crippen LogP contribution in [0.3, 0.4) is 0 Å². The molecule has 0 bridgehead atoms. The lowest BCUT2D eigenvalue weighted by molar-refractivity contribution is 0.878. The van der Waals surface area contributed by atoms with Crippen LogP contribution in [0.15, 0.2) is 52.4 Å². The molecule has 0 aliphatic carbocycles. The van der Waals surface area contributed by atoms with Crippen LogP contribution in [0.25, 0.3) is 10.8 Å². The third-order valence-electron chi connectivity index (χ3n) is 3.44. The molecule has 1 heterocycles. The number of nitrogens with two attached hydrogens (primary N) is 1. The van der Waals surface area contributed by atoms with Crippen molar-refractivity contribution in [3.63, 3.8) is 0 Å². The van der Waals surface area contributed by atoms with Crippen LogP contribution in [-0.2, 0) is 6.42 Å². The van der Waals surface area contributed by atoms with Gasteiger partial charge in [0.25, 0.3) is 0 Å². The second-order valence-corrected chi connectivity index (χ2v) is 5.98. The molecular formula is C17H17N3S. The van der Waals surface area contributed by atoms with Crippen molar-refractivity contribution in [2.24, 2.45) is 0 Å². The zero-order valence-electron chi connectivity index (χ0n) is 12.1. The van der Waals surface area contributed by atoms with Crippen molar-refractivity contribution in [1.29, 1.82) is 0 Å². The lowest BCUT2D eigenvalue weighted by Gasteiger charge is -2.09. The van der Waals surface area contributed by atoms with Crippen LogP contribution in [0.4, 0.5) is 5.82 Å². The van der Waals surface area contributed by atoms with Crippen molar-refractivity contribution in [1.82, 2.24) is 9.97 Å². The summed E-state index contributed by atoms with van der Waals surface area (Å²) >= 11 is 1.64. The lowest BCUT2D eigenvalue weighted by Crippen LogP contribution is -2.03. The highest BCUT2D eigenvalue weighted by atomic mass is 32.2. The maximum atomic E-state index is 5.98. The van der Waals surface area contributed by atoms with Gasteiger partial charge in [-0.15, -0.1) is 0 Å². The number of hydrogen-bond donors (Lipinski definition) is 1. The molecule has 0 spiro atoms. The van der Waals surface area contributed by atoms with Crippen LogP contribution >= 0.6 is 11.8 Å². The van der Waals surface area contributed by atoms with Crippen molar-refractivity contribution < 1.29 is 0 Å². The quantitative estimate of drug-likeness (QED) is 0.734. The number of anilines is 1. The van der Waals surface area contributed by atoms with E-state index in [1.54, 1.807) is 11.8 Å². The predicted octanol–water partition coefficient (Wildman–Crippen LogP) is 4.23. The number of hydrogen-bond acceptors (Lipinski definition) is 4. The Morgan fingerprint density at radius 3 is 2.57 bits per heavy atom. The molecule has 106 valence electrons. The van der Waals surface area contributed by atoms with E-state index in [-0.39, 0.29) is 0 Å². The van der Waals surface area contributed by atoms with Crippen molar-refractivity contribution >= 4 is 28.4 Å². The van der Waals surface area contributed by atoms with Gasteiger partial charge in [0, 0.05) is 16.9 Å². The largest absolute Gasteiger partial charge is 0.383 e. The number of nitrogens with zero attached hydrogens (tertiary/aromatic N) is 2. The summed E-state index contributed by atoms with van der Waals surface area (Å²) < 4.78 is 0. The van der Waals surface area contributed by atoms with Crippen LogP contribution in [0, 0.1) is 6.92 Å². The van der Waals surface area contributed by atoms with E-state index in [0.29, 0.717) is 5.82 Å². The number of nitrogen functional groups attached to an aromatic ring is 1. The van der Waals surface area contributed by atoms with E-state index in [4.69, 9.17) is 5.73 Å². The smallest absolute Gasteiger partial charge is 0.131 e. The second kappa shape index (κ2) is 5.74. The van der Waals surface area contributed by atoms with Crippen LogP contribution in [0.2, 0.25) is 0 Å². The van der Waals surface area contributed by atoms with Crippen molar-refractivity contribution in [3.8, 4) is 0 Å². The Balaban J connectivity index is 2.00. The molecule has 0 aliphatic heterocycles. The first-order chi connectivity index (χ1) is 10.2. The van der Waals surface area contributed by atoms with Crippen molar-refractivity contribution in [2.75, 3.05) is 5.73 Å². The maximum absolute atomic E-state index is 5.98. The minimum Gasteiger partial charge on any atom is -0.383 e. The molecule has 0 unspecified atom stereocenters. The monoisotopic (exact) mass is 295 g/mol. The van der Waals surface area contributed by atoms with E-state index in [0.717, 1.165) is 27.7 Å². The molecule has 0 saturated heterocycles. The molecule has 4 heteroatoms. The minimum absolute atomic E-state index is 0.574. The van der Waals surface area contributed by atoms with Gasteiger partial charge in [0.05, 0.1) is 0 Å². The molecule has 0 radical (unpaired) electrons. The first kappa shape index (κ1) is 13.9. The molecule has 0 aliphatic rings. The normalized spacial score (nSPS) is 11.0. The summed E-state index contributed by atoms with van der Waals surface area (Å²) in [5.74, 6) is 1.37. The Morgan fingerprint density at radius 1 is 1.05 bits per heavy atom. The van der Waals surface area contributed by atoms with Gasteiger partial charge in [-0.05, 0) is 29.8 Å². The Labute approximate surface area is 128 Å². The van der Waals surface area contributed by atoms with Gasteiger partial charge in [-0.1, -0.05) is 49.0 Å². The van der Waals surface area contributed by atoms with E-state index < -0.39 is 0 Å². The molecule has 0 saturated carbocycles. The highest BCUT2D eigenvalue weighted by molar-refractivity contribution is 7.99. The zero-order valence-corrected chi connectivity index (χ0v) is 12.9. The molecule has 0 amide bonds. The summed E-state index contributed by atoms with van der Waals surface area (Å²) in [7, 11) is 0. The third-order valence-corrected chi connectivity index (χ3v) is 4.52. The zero-order chi connectivity index (χ0) is 14.8. The second-order valence-electron chi connectivity index (χ2n) is 4.92. The average molecular weight is 295 g/mol. The highest BCUT2D eigenvalue weighted by Crippen LogP contribution is 2.32. The molecule has 3 aromatic rings. The van der Waals surface area contributed by atoms with Crippen LogP contribution in [-0.4, -0.2) is 9.97 Å². The topological polar surface area (TPSA) is 51.8 Å². The van der Waals surface area contributed by atoms with E-state index in [1.807, 2.05) is 13.8 Å². The molecular weight excluding hydrogens is 278 g/mol. The fourth-order valence-corrected chi connectivity index (χ4v) is 3.11. The Hall–Kier alpha value is -2.07. The van der Waals surface area contributed by atoms with Crippen LogP contribution in [0.5, 0.6) is 0 Å². The molecule has 2 aromatic carbocycles. The van der Waals surface area contributed by atoms with Gasteiger partial charge in [0.15, 0.2) is 0 Å². The van der Waals surface area contributed by atoms with Gasteiger partial charge in [-0.3, -0.25) is 0 Å². The van der Waals surface area contributed by atoms with E-state index >= 15 is 0 Å². The molecule has 1 aromatic heterocycles. The van der Waals surface area contributed by atoms with Gasteiger partial charge >= 0.3 is 0 Å². The van der Waals surface area contributed by atoms with Gasteiger partial charge in [-0.25, -0.2) is 9.97 Å². The van der Waals surface area contributed by atoms with E-state index in [9.17, 15) is 0 Å². The highest BCUT2D eigenvalue weighted by Gasteiger charge is 2.09. The molecule has 21 heavy (non-hydrogen) atoms. The Bertz CT molecular complexity index is 799. The Kier molecular flexibility index (Phi) is 3.80. The molecule has 0 fully saturated rings. The van der Waals surface area contributed by atoms with Crippen molar-refractivity contribution in [3.05, 3.63) is 53.9 Å². The lowest BCUT2D eigenvalue weighted by atomic mass is 10.1. The SMILES string of the molecule is CCc1nc(N)c(C)c(Sc2ccc3ccccc3c2)n1. The molecule has 3 nitrogen and oxygen atoms in total. The van der Waals surface area contributed by atoms with Crippen LogP contribution in [0.1, 0.15) is 18.3 Å². The maximum Gasteiger partial charge on any atom is 0.131 e. The van der Waals surface area contributed by atoms with Gasteiger partial charge in [-0.2, -0.15) is 0 Å². The summed E-state index contributed by atoms with van der Waals surface area (Å²) in [5.41, 5.74) is 6.93. The number of rotatable bonds is 3. The molecule has 3 rings (SSSR count). The number of fused-ring (bicyclic) bond motifs is 1. The fourth-order valence-electron chi connectivity index (χ4n) is 2.16. The van der Waals surface area contributed by atoms with E-state index in [2.05, 4.69) is 52.4 Å². The van der Waals surface area contributed by atoms with Gasteiger partial charge in [0.1, 0.15) is 16.7 Å². The number of aryl methyl sites for hydroxylation is 1. The fraction of sp³-hybridized carbons (Fsp3) is 0.176. The summed E-state index contributed by atoms with van der Waals surface area (Å²) in [6, 6.07) is 14.8. The van der Waals surface area contributed by atoms with Gasteiger partial charge < -0.3 is 5.73 Å². The Morgan fingerprint density at radius 2 is 1.81 bits per heavy atom. The summed E-state index contributed by atoms with van der Waals surface area (Å²) in [4.78, 5) is 10.1. The first-order valence-corrected chi connectivity index (χ1v) is 7.78. The average Bonchev–Trinajstić information content (AvgIpc) is 2.51. The summed E-state index contributed by atoms with van der Waals surface area (Å²) in [6.07, 6.45) is 0.787. The number of benzene rings is 2. The minimum atomic E-state index is 0.574. The van der Waals surface area contributed by atoms with Crippen molar-refractivity contribution in [2.45, 2.75) is 30.2 Å². The standard InChI is InChI=1S/C17H17N3S/c1-3-15-19-16(18)11(2)17(20-15)21-14-9-8-12-6-4-5-7-13(12)10-14/h4-10H,3H2,1-2H3,(H2,18,19,20). The third kappa shape index (κ3) is 2.85. The summed E-state index contributed by atoms with van der Waals surface area (Å²) in [6.45, 7) is 4.01. The molecule has 2 N–H and O–H groups in total. The molecule has 0 atom stereocenters. The van der Waals surface area contributed by atoms with Crippen LogP contribution < -0.4 is 5.73 Å². The first-order valence-electron chi connectivity index (χ1n) is 6.97. The van der Waals surface area contributed by atoms with Gasteiger partial charge in [0.2, 0.25) is 0 Å². The van der Waals surface area contributed by atoms with E-state index in [1.165, 1.54) is 10.8 Å². The predicted molar refractivity (Wildman–Crippen MR) is 88.6 cm³/mol.